The van der Waals surface area contributed by atoms with Gasteiger partial charge in [-0.1, -0.05) is 12.1 Å². The predicted octanol–water partition coefficient (Wildman–Crippen LogP) is 3.12. The lowest BCUT2D eigenvalue weighted by molar-refractivity contribution is 0.515. The van der Waals surface area contributed by atoms with Gasteiger partial charge >= 0.3 is 0 Å². The Morgan fingerprint density at radius 1 is 1.14 bits per heavy atom. The maximum atomic E-state index is 12.8. The molecule has 0 fully saturated rings. The number of aromatic amines is 1. The standard InChI is InChI=1S/C16H11FN2O2/c17-11-7-5-10(6-8-11)15(20)9-14-16(21)19-13-4-2-1-3-12(13)18-14/h1-9,20H,(H,19,21)/b15-9-. The van der Waals surface area contributed by atoms with Crippen LogP contribution in [-0.4, -0.2) is 15.1 Å². The molecule has 0 aliphatic heterocycles. The van der Waals surface area contributed by atoms with Crippen molar-refractivity contribution >= 4 is 22.9 Å². The van der Waals surface area contributed by atoms with Crippen molar-refractivity contribution in [1.29, 1.82) is 0 Å². The Hall–Kier alpha value is -2.95. The van der Waals surface area contributed by atoms with E-state index >= 15 is 0 Å². The quantitative estimate of drug-likeness (QED) is 0.710. The number of nitrogens with zero attached hydrogens (tertiary/aromatic N) is 1. The predicted molar refractivity (Wildman–Crippen MR) is 79.3 cm³/mol. The van der Waals surface area contributed by atoms with Gasteiger partial charge in [-0.25, -0.2) is 9.37 Å². The lowest BCUT2D eigenvalue weighted by Gasteiger charge is -2.01. The molecule has 1 heterocycles. The molecule has 0 unspecified atom stereocenters. The summed E-state index contributed by atoms with van der Waals surface area (Å²) < 4.78 is 12.8. The maximum absolute atomic E-state index is 12.8. The molecule has 21 heavy (non-hydrogen) atoms. The molecule has 1 aromatic heterocycles. The highest BCUT2D eigenvalue weighted by Crippen LogP contribution is 2.15. The fraction of sp³-hybridized carbons (Fsp3) is 0. The van der Waals surface area contributed by atoms with Crippen molar-refractivity contribution in [1.82, 2.24) is 9.97 Å². The summed E-state index contributed by atoms with van der Waals surface area (Å²) in [7, 11) is 0. The van der Waals surface area contributed by atoms with Crippen LogP contribution in [-0.2, 0) is 0 Å². The lowest BCUT2D eigenvalue weighted by atomic mass is 10.1. The Kier molecular flexibility index (Phi) is 3.23. The molecule has 0 radical (unpaired) electrons. The first-order valence-electron chi connectivity index (χ1n) is 6.29. The number of hydrogen-bond donors (Lipinski definition) is 2. The molecule has 2 aromatic carbocycles. The third-order valence-corrected chi connectivity index (χ3v) is 3.04. The molecule has 3 aromatic rings. The molecule has 0 spiro atoms. The van der Waals surface area contributed by atoms with Crippen LogP contribution in [0.2, 0.25) is 0 Å². The second-order valence-electron chi connectivity index (χ2n) is 4.50. The van der Waals surface area contributed by atoms with Crippen molar-refractivity contribution in [3.8, 4) is 0 Å². The number of benzene rings is 2. The molecule has 0 amide bonds. The highest BCUT2D eigenvalue weighted by molar-refractivity contribution is 5.79. The van der Waals surface area contributed by atoms with Crippen LogP contribution in [0.5, 0.6) is 0 Å². The minimum Gasteiger partial charge on any atom is -0.507 e. The summed E-state index contributed by atoms with van der Waals surface area (Å²) in [6.07, 6.45) is 1.26. The van der Waals surface area contributed by atoms with Gasteiger partial charge in [0.25, 0.3) is 5.56 Å². The van der Waals surface area contributed by atoms with Crippen molar-refractivity contribution < 1.29 is 9.50 Å². The van der Waals surface area contributed by atoms with Crippen molar-refractivity contribution in [2.75, 3.05) is 0 Å². The Morgan fingerprint density at radius 3 is 2.62 bits per heavy atom. The average molecular weight is 282 g/mol. The van der Waals surface area contributed by atoms with E-state index in [1.54, 1.807) is 24.3 Å². The van der Waals surface area contributed by atoms with Crippen molar-refractivity contribution in [3.05, 3.63) is 76.0 Å². The molecule has 0 aliphatic carbocycles. The fourth-order valence-electron chi connectivity index (χ4n) is 1.98. The highest BCUT2D eigenvalue weighted by Gasteiger charge is 2.05. The minimum atomic E-state index is -0.401. The number of H-pyrrole nitrogens is 1. The second-order valence-corrected chi connectivity index (χ2v) is 4.50. The van der Waals surface area contributed by atoms with Crippen LogP contribution in [0.15, 0.2) is 53.3 Å². The molecule has 104 valence electrons. The molecule has 3 rings (SSSR count). The third kappa shape index (κ3) is 2.67. The topological polar surface area (TPSA) is 66.0 Å². The van der Waals surface area contributed by atoms with Crippen LogP contribution >= 0.6 is 0 Å². The SMILES string of the molecule is O=c1[nH]c2ccccc2nc1/C=C(\O)c1ccc(F)cc1. The second kappa shape index (κ2) is 5.20. The number of aliphatic hydroxyl groups excluding tert-OH is 1. The lowest BCUT2D eigenvalue weighted by Crippen LogP contribution is -2.12. The fourth-order valence-corrected chi connectivity index (χ4v) is 1.98. The Balaban J connectivity index is 2.07. The minimum absolute atomic E-state index is 0.0931. The zero-order valence-corrected chi connectivity index (χ0v) is 10.9. The summed E-state index contributed by atoms with van der Waals surface area (Å²) in [4.78, 5) is 18.8. The number of fused-ring (bicyclic) bond motifs is 1. The van der Waals surface area contributed by atoms with E-state index in [1.807, 2.05) is 0 Å². The van der Waals surface area contributed by atoms with E-state index < -0.39 is 11.4 Å². The summed E-state index contributed by atoms with van der Waals surface area (Å²) >= 11 is 0. The largest absolute Gasteiger partial charge is 0.507 e. The zero-order valence-electron chi connectivity index (χ0n) is 10.9. The van der Waals surface area contributed by atoms with Crippen LogP contribution in [0, 0.1) is 5.82 Å². The van der Waals surface area contributed by atoms with Crippen molar-refractivity contribution in [2.24, 2.45) is 0 Å². The monoisotopic (exact) mass is 282 g/mol. The van der Waals surface area contributed by atoms with Crippen LogP contribution in [0.3, 0.4) is 0 Å². The summed E-state index contributed by atoms with van der Waals surface area (Å²) in [6.45, 7) is 0. The van der Waals surface area contributed by atoms with E-state index in [1.165, 1.54) is 30.3 Å². The summed E-state index contributed by atoms with van der Waals surface area (Å²) in [6, 6.07) is 12.4. The third-order valence-electron chi connectivity index (χ3n) is 3.04. The summed E-state index contributed by atoms with van der Waals surface area (Å²) in [5.74, 6) is -0.545. The van der Waals surface area contributed by atoms with Crippen molar-refractivity contribution in [2.45, 2.75) is 0 Å². The average Bonchev–Trinajstić information content (AvgIpc) is 2.48. The Labute approximate surface area is 119 Å². The first kappa shape index (κ1) is 13.1. The van der Waals surface area contributed by atoms with Crippen LogP contribution in [0.25, 0.3) is 22.9 Å². The number of aromatic nitrogens is 2. The molecule has 0 saturated heterocycles. The van der Waals surface area contributed by atoms with Gasteiger partial charge in [0.1, 0.15) is 17.3 Å². The van der Waals surface area contributed by atoms with E-state index in [9.17, 15) is 14.3 Å². The van der Waals surface area contributed by atoms with Gasteiger partial charge in [0.05, 0.1) is 11.0 Å². The molecule has 0 bridgehead atoms. The molecule has 0 aliphatic rings. The van der Waals surface area contributed by atoms with E-state index in [2.05, 4.69) is 9.97 Å². The molecule has 0 saturated carbocycles. The first-order valence-corrected chi connectivity index (χ1v) is 6.29. The number of aliphatic hydroxyl groups is 1. The van der Waals surface area contributed by atoms with Crippen LogP contribution < -0.4 is 5.56 Å². The van der Waals surface area contributed by atoms with Crippen molar-refractivity contribution in [3.63, 3.8) is 0 Å². The van der Waals surface area contributed by atoms with E-state index in [-0.39, 0.29) is 11.5 Å². The van der Waals surface area contributed by atoms with E-state index in [0.29, 0.717) is 16.6 Å². The normalized spacial score (nSPS) is 11.8. The van der Waals surface area contributed by atoms with Gasteiger partial charge in [0, 0.05) is 11.6 Å². The Bertz CT molecular complexity index is 883. The highest BCUT2D eigenvalue weighted by atomic mass is 19.1. The number of para-hydroxylation sites is 2. The number of halogens is 1. The van der Waals surface area contributed by atoms with E-state index in [0.717, 1.165) is 0 Å². The number of nitrogens with one attached hydrogen (secondary N) is 1. The number of rotatable bonds is 2. The molecule has 2 N–H and O–H groups in total. The van der Waals surface area contributed by atoms with Gasteiger partial charge < -0.3 is 10.1 Å². The molecule has 0 atom stereocenters. The molecular weight excluding hydrogens is 271 g/mol. The molecule has 5 heteroatoms. The zero-order chi connectivity index (χ0) is 14.8. The van der Waals surface area contributed by atoms with Gasteiger partial charge in [-0.05, 0) is 36.4 Å². The molecular formula is C16H11FN2O2. The van der Waals surface area contributed by atoms with Crippen LogP contribution in [0.1, 0.15) is 11.3 Å². The maximum Gasteiger partial charge on any atom is 0.274 e. The smallest absolute Gasteiger partial charge is 0.274 e. The summed E-state index contributed by atoms with van der Waals surface area (Å²) in [5, 5.41) is 10.0. The van der Waals surface area contributed by atoms with Crippen LogP contribution in [0.4, 0.5) is 4.39 Å². The van der Waals surface area contributed by atoms with Gasteiger partial charge in [-0.3, -0.25) is 4.79 Å². The Morgan fingerprint density at radius 2 is 1.86 bits per heavy atom. The number of hydrogen-bond acceptors (Lipinski definition) is 3. The van der Waals surface area contributed by atoms with Gasteiger partial charge in [-0.2, -0.15) is 0 Å². The summed E-state index contributed by atoms with van der Waals surface area (Å²) in [5.41, 5.74) is 1.35. The van der Waals surface area contributed by atoms with E-state index in [4.69, 9.17) is 0 Å². The first-order chi connectivity index (χ1) is 10.1. The van der Waals surface area contributed by atoms with Gasteiger partial charge in [0.15, 0.2) is 0 Å². The molecule has 4 nitrogen and oxygen atoms in total. The van der Waals surface area contributed by atoms with Gasteiger partial charge in [0.2, 0.25) is 0 Å². The van der Waals surface area contributed by atoms with Gasteiger partial charge in [-0.15, -0.1) is 0 Å².